The first-order valence-electron chi connectivity index (χ1n) is 21.4. The summed E-state index contributed by atoms with van der Waals surface area (Å²) in [7, 11) is -4.40. The molecular formula is C45H78NO8P. The van der Waals surface area contributed by atoms with Gasteiger partial charge in [0.1, 0.15) is 6.61 Å². The van der Waals surface area contributed by atoms with Gasteiger partial charge in [-0.25, -0.2) is 4.57 Å². The van der Waals surface area contributed by atoms with Crippen LogP contribution in [0.25, 0.3) is 0 Å². The van der Waals surface area contributed by atoms with Crippen LogP contribution in [0.2, 0.25) is 0 Å². The summed E-state index contributed by atoms with van der Waals surface area (Å²) in [5, 5.41) is 0. The first kappa shape index (κ1) is 52.5. The normalized spacial score (nSPS) is 13.8. The Kier molecular flexibility index (Phi) is 39.2. The molecule has 316 valence electrons. The summed E-state index contributed by atoms with van der Waals surface area (Å²) in [4.78, 5) is 34.8. The van der Waals surface area contributed by atoms with Gasteiger partial charge in [0.05, 0.1) is 13.2 Å². The lowest BCUT2D eigenvalue weighted by atomic mass is 10.0. The van der Waals surface area contributed by atoms with Crippen LogP contribution in [-0.4, -0.2) is 49.3 Å². The van der Waals surface area contributed by atoms with E-state index in [4.69, 9.17) is 24.3 Å². The maximum Gasteiger partial charge on any atom is 0.472 e. The third kappa shape index (κ3) is 40.9. The first-order valence-corrected chi connectivity index (χ1v) is 22.9. The van der Waals surface area contributed by atoms with Crippen molar-refractivity contribution >= 4 is 19.8 Å². The number of carbonyl (C=O) groups excluding carboxylic acids is 2. The highest BCUT2D eigenvalue weighted by Crippen LogP contribution is 2.43. The summed E-state index contributed by atoms with van der Waals surface area (Å²) in [6.45, 7) is 5.13. The Morgan fingerprint density at radius 1 is 0.600 bits per heavy atom. The van der Waals surface area contributed by atoms with Gasteiger partial charge in [-0.2, -0.15) is 0 Å². The van der Waals surface area contributed by atoms with E-state index < -0.39 is 32.5 Å². The lowest BCUT2D eigenvalue weighted by molar-refractivity contribution is -0.161. The third-order valence-corrected chi connectivity index (χ3v) is 9.71. The molecule has 0 saturated heterocycles. The predicted molar refractivity (Wildman–Crippen MR) is 229 cm³/mol. The summed E-state index contributed by atoms with van der Waals surface area (Å²) in [5.41, 5.74) is 5.34. The number of carbonyl (C=O) groups is 2. The average Bonchev–Trinajstić information content (AvgIpc) is 3.17. The molecule has 0 aliphatic carbocycles. The number of unbranched alkanes of at least 4 members (excludes halogenated alkanes) is 16. The fraction of sp³-hybridized carbons (Fsp3) is 0.689. The second-order valence-corrected chi connectivity index (χ2v) is 15.4. The van der Waals surface area contributed by atoms with E-state index >= 15 is 0 Å². The Morgan fingerprint density at radius 3 is 1.58 bits per heavy atom. The standard InChI is InChI=1S/C45H78NO8P/c1-3-5-7-9-11-13-15-17-19-20-21-22-24-25-27-29-31-33-35-37-44(47)51-41-43(42-53-55(49,50)52-40-39-46)54-45(48)38-36-34-32-30-28-26-23-18-16-14-12-10-8-6-4-2/h4,11,13,17,19,21-22,25,27,31,33,43H,2-3,5-10,12,14-16,18,20,23-24,26,28-30,32,34-42,46H2,1H3,(H,49,50)/b13-11+,19-17+,22-21+,27-25+,33-31+/t43-/m1/s1. The minimum Gasteiger partial charge on any atom is -0.462 e. The van der Waals surface area contributed by atoms with Crippen LogP contribution in [0.1, 0.15) is 167 Å². The molecule has 0 aliphatic heterocycles. The van der Waals surface area contributed by atoms with Crippen molar-refractivity contribution < 1.29 is 37.6 Å². The van der Waals surface area contributed by atoms with Crippen molar-refractivity contribution in [2.45, 2.75) is 174 Å². The fourth-order valence-electron chi connectivity index (χ4n) is 5.54. The summed E-state index contributed by atoms with van der Waals surface area (Å²) in [6, 6.07) is 0. The highest BCUT2D eigenvalue weighted by atomic mass is 31.2. The van der Waals surface area contributed by atoms with Crippen LogP contribution in [0.5, 0.6) is 0 Å². The number of phosphoric acid groups is 1. The number of rotatable bonds is 40. The molecule has 0 radical (unpaired) electrons. The number of allylic oxidation sites excluding steroid dienone is 11. The molecule has 0 amide bonds. The van der Waals surface area contributed by atoms with Crippen LogP contribution in [0, 0.1) is 0 Å². The predicted octanol–water partition coefficient (Wildman–Crippen LogP) is 12.3. The Labute approximate surface area is 335 Å². The van der Waals surface area contributed by atoms with Crippen LogP contribution in [0.4, 0.5) is 0 Å². The SMILES string of the molecule is C=CCCCCCCCCCCCCCCCC(=O)O[C@H](COC(=O)CC/C=C/C/C=C/C/C=C/C/C=C/C/C=C/CCCCC)COP(=O)(O)OCCN. The van der Waals surface area contributed by atoms with E-state index in [0.717, 1.165) is 51.4 Å². The quantitative estimate of drug-likeness (QED) is 0.0269. The van der Waals surface area contributed by atoms with Crippen LogP contribution in [-0.2, 0) is 32.7 Å². The van der Waals surface area contributed by atoms with E-state index in [1.807, 2.05) is 18.2 Å². The number of hydrogen-bond donors (Lipinski definition) is 2. The van der Waals surface area contributed by atoms with Gasteiger partial charge in [0.15, 0.2) is 6.10 Å². The summed E-state index contributed by atoms with van der Waals surface area (Å²) >= 11 is 0. The molecule has 0 aliphatic rings. The largest absolute Gasteiger partial charge is 0.472 e. The minimum atomic E-state index is -4.40. The van der Waals surface area contributed by atoms with Crippen molar-refractivity contribution in [3.63, 3.8) is 0 Å². The van der Waals surface area contributed by atoms with E-state index in [1.165, 1.54) is 83.5 Å². The molecular weight excluding hydrogens is 713 g/mol. The molecule has 0 spiro atoms. The topological polar surface area (TPSA) is 134 Å². The fourth-order valence-corrected chi connectivity index (χ4v) is 6.30. The maximum atomic E-state index is 12.6. The Bertz CT molecular complexity index is 1120. The van der Waals surface area contributed by atoms with Gasteiger partial charge in [0.2, 0.25) is 0 Å². The molecule has 55 heavy (non-hydrogen) atoms. The van der Waals surface area contributed by atoms with Crippen molar-refractivity contribution in [1.82, 2.24) is 0 Å². The van der Waals surface area contributed by atoms with E-state index in [0.29, 0.717) is 12.8 Å². The molecule has 0 rings (SSSR count). The highest BCUT2D eigenvalue weighted by molar-refractivity contribution is 7.47. The molecule has 3 N–H and O–H groups in total. The molecule has 0 aromatic heterocycles. The van der Waals surface area contributed by atoms with Crippen molar-refractivity contribution in [3.05, 3.63) is 73.4 Å². The highest BCUT2D eigenvalue weighted by Gasteiger charge is 2.25. The number of hydrogen-bond acceptors (Lipinski definition) is 8. The van der Waals surface area contributed by atoms with Gasteiger partial charge in [-0.3, -0.25) is 18.6 Å². The number of nitrogens with two attached hydrogens (primary N) is 1. The zero-order valence-corrected chi connectivity index (χ0v) is 35.4. The van der Waals surface area contributed by atoms with Crippen molar-refractivity contribution in [2.24, 2.45) is 5.73 Å². The molecule has 0 heterocycles. The van der Waals surface area contributed by atoms with E-state index in [2.05, 4.69) is 62.1 Å². The van der Waals surface area contributed by atoms with Gasteiger partial charge in [-0.1, -0.05) is 157 Å². The molecule has 10 heteroatoms. The lowest BCUT2D eigenvalue weighted by Gasteiger charge is -2.19. The molecule has 0 fully saturated rings. The first-order chi connectivity index (χ1) is 26.8. The number of phosphoric ester groups is 1. The lowest BCUT2D eigenvalue weighted by Crippen LogP contribution is -2.29. The maximum absolute atomic E-state index is 12.6. The molecule has 0 aromatic carbocycles. The van der Waals surface area contributed by atoms with Crippen molar-refractivity contribution in [2.75, 3.05) is 26.4 Å². The zero-order valence-electron chi connectivity index (χ0n) is 34.5. The van der Waals surface area contributed by atoms with Gasteiger partial charge < -0.3 is 20.1 Å². The van der Waals surface area contributed by atoms with Crippen LogP contribution >= 0.6 is 7.82 Å². The van der Waals surface area contributed by atoms with Gasteiger partial charge in [-0.15, -0.1) is 6.58 Å². The Morgan fingerprint density at radius 2 is 1.07 bits per heavy atom. The molecule has 9 nitrogen and oxygen atoms in total. The zero-order chi connectivity index (χ0) is 40.3. The summed E-state index contributed by atoms with van der Waals surface area (Å²) < 4.78 is 32.7. The van der Waals surface area contributed by atoms with Gasteiger partial charge in [0.25, 0.3) is 0 Å². The van der Waals surface area contributed by atoms with E-state index in [9.17, 15) is 19.0 Å². The molecule has 0 bridgehead atoms. The number of ether oxygens (including phenoxy) is 2. The van der Waals surface area contributed by atoms with Crippen molar-refractivity contribution in [3.8, 4) is 0 Å². The van der Waals surface area contributed by atoms with E-state index in [-0.39, 0.29) is 32.6 Å². The monoisotopic (exact) mass is 792 g/mol. The van der Waals surface area contributed by atoms with Crippen LogP contribution in [0.3, 0.4) is 0 Å². The van der Waals surface area contributed by atoms with Crippen LogP contribution in [0.15, 0.2) is 73.4 Å². The Hall–Kier alpha value is -2.55. The summed E-state index contributed by atoms with van der Waals surface area (Å²) in [5.74, 6) is -0.932. The molecule has 0 aromatic rings. The van der Waals surface area contributed by atoms with E-state index in [1.54, 1.807) is 0 Å². The Balaban J connectivity index is 4.28. The van der Waals surface area contributed by atoms with Gasteiger partial charge in [-0.05, 0) is 64.2 Å². The molecule has 0 saturated carbocycles. The second kappa shape index (κ2) is 41.1. The van der Waals surface area contributed by atoms with Crippen molar-refractivity contribution in [1.29, 1.82) is 0 Å². The van der Waals surface area contributed by atoms with Crippen LogP contribution < -0.4 is 5.73 Å². The molecule has 2 atom stereocenters. The summed E-state index contributed by atoms with van der Waals surface area (Å²) in [6.07, 6.45) is 48.4. The van der Waals surface area contributed by atoms with Gasteiger partial charge >= 0.3 is 19.8 Å². The van der Waals surface area contributed by atoms with Gasteiger partial charge in [0, 0.05) is 19.4 Å². The third-order valence-electron chi connectivity index (χ3n) is 8.72. The minimum absolute atomic E-state index is 0.0406. The number of esters is 2. The molecule has 1 unspecified atom stereocenters. The second-order valence-electron chi connectivity index (χ2n) is 13.9. The smallest absolute Gasteiger partial charge is 0.462 e. The average molecular weight is 792 g/mol.